The number of hydrogen-bond donors (Lipinski definition) is 1. The van der Waals surface area contributed by atoms with Gasteiger partial charge in [-0.15, -0.1) is 0 Å². The molecule has 0 radical (unpaired) electrons. The normalized spacial score (nSPS) is 17.8. The van der Waals surface area contributed by atoms with Crippen LogP contribution in [0.3, 0.4) is 0 Å². The van der Waals surface area contributed by atoms with Crippen LogP contribution in [0.1, 0.15) is 12.0 Å². The summed E-state index contributed by atoms with van der Waals surface area (Å²) in [5.74, 6) is -0.241. The van der Waals surface area contributed by atoms with E-state index in [0.717, 1.165) is 16.2 Å². The second kappa shape index (κ2) is 8.07. The van der Waals surface area contributed by atoms with E-state index in [-0.39, 0.29) is 37.9 Å². The average molecular weight is 374 g/mol. The Kier molecular flexibility index (Phi) is 5.58. The molecule has 0 aliphatic carbocycles. The van der Waals surface area contributed by atoms with E-state index in [1.165, 1.54) is 4.90 Å². The molecule has 2 heterocycles. The van der Waals surface area contributed by atoms with Gasteiger partial charge in [-0.3, -0.25) is 19.3 Å². The highest BCUT2D eigenvalue weighted by Crippen LogP contribution is 2.16. The summed E-state index contributed by atoms with van der Waals surface area (Å²) < 4.78 is 5.19. The third kappa shape index (κ3) is 4.36. The molecule has 2 aliphatic heterocycles. The molecule has 1 aromatic rings. The van der Waals surface area contributed by atoms with Crippen LogP contribution in [0.5, 0.6) is 5.75 Å². The van der Waals surface area contributed by atoms with Crippen molar-refractivity contribution in [3.63, 3.8) is 0 Å². The highest BCUT2D eigenvalue weighted by Gasteiger charge is 2.32. The topological polar surface area (TPSA) is 99.3 Å². The first-order chi connectivity index (χ1) is 13.0. The Hall–Kier alpha value is -3.10. The summed E-state index contributed by atoms with van der Waals surface area (Å²) in [5, 5.41) is 2.53. The van der Waals surface area contributed by atoms with E-state index in [9.17, 15) is 19.2 Å². The van der Waals surface area contributed by atoms with Gasteiger partial charge >= 0.3 is 6.03 Å². The highest BCUT2D eigenvalue weighted by molar-refractivity contribution is 6.00. The monoisotopic (exact) mass is 374 g/mol. The summed E-state index contributed by atoms with van der Waals surface area (Å²) in [6.07, 6.45) is 0.173. The summed E-state index contributed by atoms with van der Waals surface area (Å²) in [5.41, 5.74) is 0.943. The Morgan fingerprint density at radius 3 is 2.70 bits per heavy atom. The van der Waals surface area contributed by atoms with Gasteiger partial charge in [0, 0.05) is 32.6 Å². The molecule has 2 aliphatic rings. The van der Waals surface area contributed by atoms with Crippen molar-refractivity contribution in [2.45, 2.75) is 13.0 Å². The fraction of sp³-hybridized carbons (Fsp3) is 0.444. The van der Waals surface area contributed by atoms with Crippen LogP contribution >= 0.6 is 0 Å². The van der Waals surface area contributed by atoms with Gasteiger partial charge in [0.2, 0.25) is 17.7 Å². The molecular formula is C18H22N4O5. The fourth-order valence-corrected chi connectivity index (χ4v) is 3.10. The summed E-state index contributed by atoms with van der Waals surface area (Å²) in [6.45, 7) is 1.06. The van der Waals surface area contributed by atoms with Crippen molar-refractivity contribution < 1.29 is 23.9 Å². The lowest BCUT2D eigenvalue weighted by Gasteiger charge is -2.35. The predicted octanol–water partition coefficient (Wildman–Crippen LogP) is -0.192. The number of nitrogens with zero attached hydrogens (tertiary/aromatic N) is 3. The van der Waals surface area contributed by atoms with Crippen LogP contribution in [-0.2, 0) is 20.9 Å². The van der Waals surface area contributed by atoms with Crippen LogP contribution in [0.25, 0.3) is 0 Å². The number of ether oxygens (including phenoxy) is 1. The third-order valence-corrected chi connectivity index (χ3v) is 4.63. The maximum Gasteiger partial charge on any atom is 0.324 e. The number of imide groups is 1. The Bertz CT molecular complexity index is 750. The number of benzene rings is 1. The number of piperazine rings is 1. The van der Waals surface area contributed by atoms with Gasteiger partial charge in [-0.1, -0.05) is 12.1 Å². The molecule has 0 aromatic heterocycles. The minimum Gasteiger partial charge on any atom is -0.497 e. The van der Waals surface area contributed by atoms with E-state index in [4.69, 9.17) is 4.74 Å². The van der Waals surface area contributed by atoms with Crippen molar-refractivity contribution in [1.29, 1.82) is 0 Å². The van der Waals surface area contributed by atoms with Gasteiger partial charge in [-0.05, 0) is 17.7 Å². The minimum absolute atomic E-state index is 0.0630. The second-order valence-corrected chi connectivity index (χ2v) is 6.44. The SMILES string of the molecule is COc1cccc(CN2CCN(C(=O)CN3C(=O)CCNC3=O)CC2=O)c1. The van der Waals surface area contributed by atoms with Gasteiger partial charge in [-0.25, -0.2) is 4.79 Å². The minimum atomic E-state index is -0.567. The van der Waals surface area contributed by atoms with E-state index in [1.54, 1.807) is 12.0 Å². The Morgan fingerprint density at radius 2 is 2.00 bits per heavy atom. The summed E-state index contributed by atoms with van der Waals surface area (Å²) >= 11 is 0. The molecule has 9 nitrogen and oxygen atoms in total. The lowest BCUT2D eigenvalue weighted by molar-refractivity contribution is -0.147. The van der Waals surface area contributed by atoms with Crippen LogP contribution in [0.2, 0.25) is 0 Å². The van der Waals surface area contributed by atoms with Crippen LogP contribution in [-0.4, -0.2) is 78.3 Å². The van der Waals surface area contributed by atoms with E-state index in [0.29, 0.717) is 19.6 Å². The van der Waals surface area contributed by atoms with Gasteiger partial charge < -0.3 is 19.9 Å². The van der Waals surface area contributed by atoms with Crippen LogP contribution < -0.4 is 10.1 Å². The van der Waals surface area contributed by atoms with E-state index in [2.05, 4.69) is 5.32 Å². The van der Waals surface area contributed by atoms with Crippen molar-refractivity contribution in [3.8, 4) is 5.75 Å². The van der Waals surface area contributed by atoms with Gasteiger partial charge in [0.05, 0.1) is 13.7 Å². The zero-order valence-corrected chi connectivity index (χ0v) is 15.1. The molecule has 0 bridgehead atoms. The van der Waals surface area contributed by atoms with Crippen molar-refractivity contribution in [1.82, 2.24) is 20.0 Å². The van der Waals surface area contributed by atoms with E-state index in [1.807, 2.05) is 24.3 Å². The van der Waals surface area contributed by atoms with Gasteiger partial charge in [0.15, 0.2) is 0 Å². The summed E-state index contributed by atoms with van der Waals surface area (Å²) in [4.78, 5) is 52.4. The molecule has 9 heteroatoms. The Balaban J connectivity index is 1.56. The molecule has 144 valence electrons. The zero-order valence-electron chi connectivity index (χ0n) is 15.1. The lowest BCUT2D eigenvalue weighted by atomic mass is 10.2. The van der Waals surface area contributed by atoms with Crippen molar-refractivity contribution in [2.75, 3.05) is 39.8 Å². The largest absolute Gasteiger partial charge is 0.497 e. The summed E-state index contributed by atoms with van der Waals surface area (Å²) in [7, 11) is 1.59. The Morgan fingerprint density at radius 1 is 1.19 bits per heavy atom. The first kappa shape index (κ1) is 18.7. The quantitative estimate of drug-likeness (QED) is 0.770. The van der Waals surface area contributed by atoms with E-state index < -0.39 is 11.9 Å². The molecular weight excluding hydrogens is 352 g/mol. The molecule has 3 rings (SSSR count). The van der Waals surface area contributed by atoms with Crippen molar-refractivity contribution in [3.05, 3.63) is 29.8 Å². The van der Waals surface area contributed by atoms with Crippen molar-refractivity contribution >= 4 is 23.8 Å². The first-order valence-corrected chi connectivity index (χ1v) is 8.74. The molecule has 0 unspecified atom stereocenters. The number of hydrogen-bond acceptors (Lipinski definition) is 5. The molecule has 0 spiro atoms. The molecule has 27 heavy (non-hydrogen) atoms. The zero-order chi connectivity index (χ0) is 19.4. The molecule has 0 saturated carbocycles. The number of nitrogens with one attached hydrogen (secondary N) is 1. The molecule has 0 atom stereocenters. The maximum atomic E-state index is 12.4. The smallest absolute Gasteiger partial charge is 0.324 e. The second-order valence-electron chi connectivity index (χ2n) is 6.44. The summed E-state index contributed by atoms with van der Waals surface area (Å²) in [6, 6.07) is 6.90. The maximum absolute atomic E-state index is 12.4. The number of carbonyl (C=O) groups excluding carboxylic acids is 4. The highest BCUT2D eigenvalue weighted by atomic mass is 16.5. The molecule has 5 amide bonds. The molecule has 2 saturated heterocycles. The number of carbonyl (C=O) groups is 4. The number of rotatable bonds is 5. The van der Waals surface area contributed by atoms with Gasteiger partial charge in [0.25, 0.3) is 0 Å². The van der Waals surface area contributed by atoms with E-state index >= 15 is 0 Å². The van der Waals surface area contributed by atoms with Gasteiger partial charge in [0.1, 0.15) is 12.3 Å². The van der Waals surface area contributed by atoms with Crippen LogP contribution in [0.15, 0.2) is 24.3 Å². The number of amides is 5. The predicted molar refractivity (Wildman–Crippen MR) is 94.7 cm³/mol. The molecule has 2 fully saturated rings. The number of urea groups is 1. The molecule has 1 N–H and O–H groups in total. The average Bonchev–Trinajstić information content (AvgIpc) is 2.66. The number of methoxy groups -OCH3 is 1. The van der Waals surface area contributed by atoms with Gasteiger partial charge in [-0.2, -0.15) is 0 Å². The van der Waals surface area contributed by atoms with Crippen LogP contribution in [0, 0.1) is 0 Å². The van der Waals surface area contributed by atoms with Crippen LogP contribution in [0.4, 0.5) is 4.79 Å². The first-order valence-electron chi connectivity index (χ1n) is 8.74. The lowest BCUT2D eigenvalue weighted by Crippen LogP contribution is -2.57. The fourth-order valence-electron chi connectivity index (χ4n) is 3.10. The molecule has 1 aromatic carbocycles. The third-order valence-electron chi connectivity index (χ3n) is 4.63. The standard InChI is InChI=1S/C18H22N4O5/c1-27-14-4-2-3-13(9-14)10-20-7-8-21(11-16(20)24)17(25)12-22-15(23)5-6-19-18(22)26/h2-4,9H,5-8,10-12H2,1H3,(H,19,26). The Labute approximate surface area is 156 Å². The van der Waals surface area contributed by atoms with Crippen molar-refractivity contribution in [2.24, 2.45) is 0 Å².